The highest BCUT2D eigenvalue weighted by atomic mass is 32.1. The Morgan fingerprint density at radius 2 is 1.03 bits per heavy atom. The first kappa shape index (κ1) is 53.0. The van der Waals surface area contributed by atoms with Gasteiger partial charge in [-0.15, -0.1) is 22.7 Å². The molecule has 6 aromatic carbocycles. The molecule has 2 aromatic heterocycles. The van der Waals surface area contributed by atoms with Crippen molar-refractivity contribution in [1.82, 2.24) is 9.80 Å². The summed E-state index contributed by atoms with van der Waals surface area (Å²) in [7, 11) is 0. The second-order valence-electron chi connectivity index (χ2n) is 18.6. The van der Waals surface area contributed by atoms with E-state index in [9.17, 15) is 23.5 Å². The van der Waals surface area contributed by atoms with E-state index in [4.69, 9.17) is 28.4 Å². The normalized spacial score (nSPS) is 15.9. The van der Waals surface area contributed by atoms with E-state index in [0.717, 1.165) is 90.2 Å². The lowest BCUT2D eigenvalue weighted by Gasteiger charge is -2.37. The lowest BCUT2D eigenvalue weighted by atomic mass is 10.0. The van der Waals surface area contributed by atoms with Gasteiger partial charge in [0.2, 0.25) is 11.6 Å². The van der Waals surface area contributed by atoms with Gasteiger partial charge in [0.25, 0.3) is 0 Å². The van der Waals surface area contributed by atoms with Gasteiger partial charge in [-0.2, -0.15) is 0 Å². The molecule has 11 nitrogen and oxygen atoms in total. The van der Waals surface area contributed by atoms with E-state index >= 15 is 0 Å². The van der Waals surface area contributed by atoms with Crippen LogP contribution >= 0.6 is 22.7 Å². The van der Waals surface area contributed by atoms with Gasteiger partial charge in [-0.3, -0.25) is 28.2 Å². The highest BCUT2D eigenvalue weighted by molar-refractivity contribution is 7.22. The van der Waals surface area contributed by atoms with Crippen molar-refractivity contribution in [2.24, 2.45) is 11.8 Å². The van der Waals surface area contributed by atoms with Gasteiger partial charge in [-0.25, -0.2) is 0 Å². The maximum atomic E-state index is 13.6. The number of thiophene rings is 2. The zero-order valence-corrected chi connectivity index (χ0v) is 42.3. The molecule has 1 atom stereocenters. The van der Waals surface area contributed by atoms with E-state index in [1.807, 2.05) is 103 Å². The van der Waals surface area contributed by atoms with Crippen molar-refractivity contribution in [3.63, 3.8) is 0 Å². The number of phenols is 1. The van der Waals surface area contributed by atoms with Crippen molar-refractivity contribution < 1.29 is 51.9 Å². The number of carbonyl (C=O) groups is 2. The van der Waals surface area contributed by atoms with E-state index in [1.165, 1.54) is 22.7 Å². The zero-order chi connectivity index (χ0) is 50.8. The fourth-order valence-electron chi connectivity index (χ4n) is 9.03. The quantitative estimate of drug-likeness (QED) is 0.0736. The van der Waals surface area contributed by atoms with E-state index < -0.39 is 0 Å². The van der Waals surface area contributed by atoms with Crippen LogP contribution in [0.3, 0.4) is 0 Å². The van der Waals surface area contributed by atoms with E-state index in [-0.39, 0.29) is 56.2 Å². The Labute approximate surface area is 443 Å². The minimum absolute atomic E-state index is 0. The van der Waals surface area contributed by atoms with Crippen molar-refractivity contribution in [3.8, 4) is 46.0 Å². The maximum absolute atomic E-state index is 13.6. The van der Waals surface area contributed by atoms with Crippen molar-refractivity contribution in [2.45, 2.75) is 33.0 Å². The third-order valence-corrected chi connectivity index (χ3v) is 15.3. The van der Waals surface area contributed by atoms with Crippen LogP contribution < -0.4 is 23.7 Å². The van der Waals surface area contributed by atoms with Crippen molar-refractivity contribution in [2.75, 3.05) is 72.4 Å². The Balaban J connectivity index is 0.000000184. The molecule has 3 fully saturated rings. The summed E-state index contributed by atoms with van der Waals surface area (Å²) in [6.07, 6.45) is 2.77. The van der Waals surface area contributed by atoms with Crippen LogP contribution in [-0.2, 0) is 4.74 Å². The molecule has 1 N–H and O–H groups in total. The van der Waals surface area contributed by atoms with Gasteiger partial charge in [-0.1, -0.05) is 68.1 Å². The minimum atomic E-state index is -0.252. The van der Waals surface area contributed by atoms with Crippen molar-refractivity contribution >= 4 is 54.4 Å². The number of benzene rings is 6. The molecule has 0 radical (unpaired) electrons. The van der Waals surface area contributed by atoms with Gasteiger partial charge in [0, 0.05) is 88.8 Å². The number of hydrogen-bond donors (Lipinski definition) is 1. The van der Waals surface area contributed by atoms with Crippen LogP contribution in [-0.4, -0.2) is 105 Å². The molecule has 1 unspecified atom stereocenters. The fourth-order valence-corrected chi connectivity index (χ4v) is 11.3. The Morgan fingerprint density at radius 3 is 1.49 bits per heavy atom. The van der Waals surface area contributed by atoms with Crippen LogP contribution in [0.2, 0.25) is 0 Å². The first-order valence-electron chi connectivity index (χ1n) is 24.9. The molecule has 390 valence electrons. The van der Waals surface area contributed by atoms with Gasteiger partial charge in [0.05, 0.1) is 20.0 Å². The molecular formula is C60H60F2N2O9S2. The summed E-state index contributed by atoms with van der Waals surface area (Å²) in [6, 6.07) is 43.8. The standard InChI is InChI=1S/C32H32FNO5S.C27H24FNO4S.CH4/c33-19-22-20-34(21-22)15-17-36-24-9-11-25(12-10-24)39-31-27-14-13-26(38-29-8-4-5-16-37-29)18-28(27)40-32(31)30(35)23-6-2-1-3-7-23;28-15-18-16-29(17-18)12-13-32-21-7-9-22(10-8-21)33-26-23-11-6-20(30)14-24(23)34-27(26)25(31)19-4-2-1-3-5-19;/h1-3,6-7,9-14,18,22,29H,4-5,8,15-17,19-21H2;1-11,14,18,30H,12-13,15-17H2;1H4. The van der Waals surface area contributed by atoms with Crippen molar-refractivity contribution in [3.05, 3.63) is 166 Å². The van der Waals surface area contributed by atoms with Crippen LogP contribution in [0.15, 0.2) is 146 Å². The molecule has 0 saturated carbocycles. The van der Waals surface area contributed by atoms with Gasteiger partial charge in [0.1, 0.15) is 57.5 Å². The Bertz CT molecular complexity index is 3140. The number of ether oxygens (including phenoxy) is 6. The van der Waals surface area contributed by atoms with Crippen molar-refractivity contribution in [1.29, 1.82) is 0 Å². The van der Waals surface area contributed by atoms with Crippen LogP contribution in [0.25, 0.3) is 20.2 Å². The van der Waals surface area contributed by atoms with Gasteiger partial charge >= 0.3 is 0 Å². The number of rotatable bonds is 20. The maximum Gasteiger partial charge on any atom is 0.206 e. The predicted molar refractivity (Wildman–Crippen MR) is 292 cm³/mol. The second kappa shape index (κ2) is 25.1. The summed E-state index contributed by atoms with van der Waals surface area (Å²) in [5.41, 5.74) is 1.18. The number of alkyl halides is 2. The third-order valence-electron chi connectivity index (χ3n) is 13.1. The molecule has 3 saturated heterocycles. The third kappa shape index (κ3) is 13.2. The molecule has 0 amide bonds. The van der Waals surface area contributed by atoms with Gasteiger partial charge in [0.15, 0.2) is 17.8 Å². The first-order chi connectivity index (χ1) is 36.3. The molecule has 3 aliphatic rings. The number of halogens is 2. The van der Waals surface area contributed by atoms with Crippen LogP contribution in [0, 0.1) is 11.8 Å². The summed E-state index contributed by atoms with van der Waals surface area (Å²) in [5.74, 6) is 4.63. The summed E-state index contributed by atoms with van der Waals surface area (Å²) in [4.78, 5) is 32.2. The topological polar surface area (TPSA) is 116 Å². The molecule has 75 heavy (non-hydrogen) atoms. The fraction of sp³-hybridized carbons (Fsp3) is 0.300. The number of carbonyl (C=O) groups excluding carboxylic acids is 2. The summed E-state index contributed by atoms with van der Waals surface area (Å²) in [5, 5.41) is 11.5. The average molecular weight is 1060 g/mol. The van der Waals surface area contributed by atoms with Gasteiger partial charge in [-0.05, 0) is 97.8 Å². The molecular weight excluding hydrogens is 995 g/mol. The molecule has 0 bridgehead atoms. The molecule has 15 heteroatoms. The first-order valence-corrected chi connectivity index (χ1v) is 26.6. The zero-order valence-electron chi connectivity index (χ0n) is 40.7. The Hall–Kier alpha value is -6.88. The van der Waals surface area contributed by atoms with Crippen LogP contribution in [0.1, 0.15) is 57.2 Å². The van der Waals surface area contributed by atoms with E-state index in [1.54, 1.807) is 42.5 Å². The molecule has 3 aliphatic heterocycles. The molecule has 8 aromatic rings. The highest BCUT2D eigenvalue weighted by Crippen LogP contribution is 2.45. The van der Waals surface area contributed by atoms with Gasteiger partial charge < -0.3 is 33.5 Å². The van der Waals surface area contributed by atoms with Crippen LogP contribution in [0.4, 0.5) is 8.78 Å². The lowest BCUT2D eigenvalue weighted by molar-refractivity contribution is -0.105. The highest BCUT2D eigenvalue weighted by Gasteiger charge is 2.28. The average Bonchev–Trinajstić information content (AvgIpc) is 3.96. The summed E-state index contributed by atoms with van der Waals surface area (Å²) < 4.78 is 62.9. The number of nitrogens with zero attached hydrogens (tertiary/aromatic N) is 2. The summed E-state index contributed by atoms with van der Waals surface area (Å²) >= 11 is 2.70. The lowest BCUT2D eigenvalue weighted by Crippen LogP contribution is -2.49. The van der Waals surface area contributed by atoms with E-state index in [2.05, 4.69) is 9.80 Å². The molecule has 0 spiro atoms. The SMILES string of the molecule is C.O=C(c1ccccc1)c1sc2cc(O)ccc2c1Oc1ccc(OCCN2CC(CF)C2)cc1.O=C(c1ccccc1)c1sc2cc(OC3CCCCO3)ccc2c1Oc1ccc(OCCN2CC(CF)C2)cc1. The number of aromatic hydroxyl groups is 1. The monoisotopic (exact) mass is 1050 g/mol. The number of phenolic OH excluding ortho intramolecular Hbond substituents is 1. The minimum Gasteiger partial charge on any atom is -0.508 e. The largest absolute Gasteiger partial charge is 0.508 e. The Kier molecular flexibility index (Phi) is 17.7. The predicted octanol–water partition coefficient (Wildman–Crippen LogP) is 13.7. The number of fused-ring (bicyclic) bond motifs is 2. The Morgan fingerprint density at radius 1 is 0.573 bits per heavy atom. The molecule has 5 heterocycles. The molecule has 0 aliphatic carbocycles. The smallest absolute Gasteiger partial charge is 0.206 e. The number of likely N-dealkylation sites (tertiary alicyclic amines) is 2. The second-order valence-corrected chi connectivity index (χ2v) is 20.7. The number of hydrogen-bond acceptors (Lipinski definition) is 13. The number of ketones is 2. The van der Waals surface area contributed by atoms with E-state index in [0.29, 0.717) is 69.4 Å². The van der Waals surface area contributed by atoms with Crippen LogP contribution in [0.5, 0.6) is 46.0 Å². The molecule has 11 rings (SSSR count). The summed E-state index contributed by atoms with van der Waals surface area (Å²) in [6.45, 7) is 6.02.